The molecular weight excluding hydrogens is 170 g/mol. The monoisotopic (exact) mass is 179 g/mol. The molecule has 0 aliphatic rings. The second kappa shape index (κ2) is 4.25. The Morgan fingerprint density at radius 1 is 1.38 bits per heavy atom. The van der Waals surface area contributed by atoms with Crippen LogP contribution in [0.2, 0.25) is 0 Å². The normalized spacial score (nSPS) is 9.23. The van der Waals surface area contributed by atoms with E-state index in [4.69, 9.17) is 5.73 Å². The van der Waals surface area contributed by atoms with Crippen LogP contribution in [0.4, 0.5) is 4.79 Å². The molecule has 2 N–H and O–H groups in total. The molecule has 1 aromatic rings. The van der Waals surface area contributed by atoms with E-state index in [2.05, 4.69) is 4.74 Å². The Kier molecular flexibility index (Phi) is 3.03. The topological polar surface area (TPSA) is 69.4 Å². The van der Waals surface area contributed by atoms with Gasteiger partial charge in [0.05, 0.1) is 0 Å². The number of benzene rings is 1. The SMILES string of the molecule is NC(=O)Oc1ccc(CC=O)cc1. The zero-order chi connectivity index (χ0) is 9.68. The van der Waals surface area contributed by atoms with Gasteiger partial charge in [0.2, 0.25) is 0 Å². The predicted octanol–water partition coefficient (Wildman–Crippen LogP) is 0.886. The summed E-state index contributed by atoms with van der Waals surface area (Å²) in [5.74, 6) is 0.377. The minimum atomic E-state index is -0.844. The minimum absolute atomic E-state index is 0.358. The molecule has 68 valence electrons. The molecule has 0 spiro atoms. The molecule has 0 radical (unpaired) electrons. The summed E-state index contributed by atoms with van der Waals surface area (Å²) in [6.07, 6.45) is 0.323. The summed E-state index contributed by atoms with van der Waals surface area (Å²) in [7, 11) is 0. The van der Waals surface area contributed by atoms with Crippen molar-refractivity contribution >= 4 is 12.4 Å². The van der Waals surface area contributed by atoms with E-state index in [0.717, 1.165) is 11.8 Å². The van der Waals surface area contributed by atoms with Gasteiger partial charge in [-0.3, -0.25) is 0 Å². The summed E-state index contributed by atoms with van der Waals surface area (Å²) in [5, 5.41) is 0. The molecule has 0 saturated carbocycles. The largest absolute Gasteiger partial charge is 0.411 e. The fourth-order valence-electron chi connectivity index (χ4n) is 0.906. The summed E-state index contributed by atoms with van der Waals surface area (Å²) < 4.78 is 4.60. The van der Waals surface area contributed by atoms with Crippen molar-refractivity contribution in [3.8, 4) is 5.75 Å². The van der Waals surface area contributed by atoms with Crippen LogP contribution in [0.25, 0.3) is 0 Å². The minimum Gasteiger partial charge on any atom is -0.411 e. The van der Waals surface area contributed by atoms with Gasteiger partial charge in [-0.05, 0) is 17.7 Å². The first-order valence-corrected chi connectivity index (χ1v) is 3.72. The molecule has 0 heterocycles. The highest BCUT2D eigenvalue weighted by Crippen LogP contribution is 2.11. The van der Waals surface area contributed by atoms with Gasteiger partial charge < -0.3 is 15.3 Å². The highest BCUT2D eigenvalue weighted by Gasteiger charge is 1.97. The van der Waals surface area contributed by atoms with E-state index in [-0.39, 0.29) is 0 Å². The van der Waals surface area contributed by atoms with Gasteiger partial charge in [-0.2, -0.15) is 0 Å². The summed E-state index contributed by atoms with van der Waals surface area (Å²) in [6.45, 7) is 0. The Hall–Kier alpha value is -1.84. The van der Waals surface area contributed by atoms with Crippen LogP contribution in [0.1, 0.15) is 5.56 Å². The number of rotatable bonds is 3. The maximum atomic E-state index is 10.3. The first-order chi connectivity index (χ1) is 6.22. The lowest BCUT2D eigenvalue weighted by Crippen LogP contribution is -2.16. The molecule has 4 heteroatoms. The van der Waals surface area contributed by atoms with Gasteiger partial charge in [0.15, 0.2) is 0 Å². The van der Waals surface area contributed by atoms with E-state index in [1.54, 1.807) is 24.3 Å². The Labute approximate surface area is 75.3 Å². The highest BCUT2D eigenvalue weighted by atomic mass is 16.5. The second-order valence-corrected chi connectivity index (χ2v) is 2.44. The molecule has 0 aromatic heterocycles. The molecule has 1 rings (SSSR count). The lowest BCUT2D eigenvalue weighted by atomic mass is 10.2. The quantitative estimate of drug-likeness (QED) is 0.700. The third kappa shape index (κ3) is 2.94. The number of carbonyl (C=O) groups excluding carboxylic acids is 2. The van der Waals surface area contributed by atoms with Crippen LogP contribution >= 0.6 is 0 Å². The van der Waals surface area contributed by atoms with Crippen LogP contribution in [-0.2, 0) is 11.2 Å². The molecule has 1 amide bonds. The lowest BCUT2D eigenvalue weighted by molar-refractivity contribution is -0.107. The van der Waals surface area contributed by atoms with Crippen molar-refractivity contribution in [3.63, 3.8) is 0 Å². The number of ether oxygens (including phenoxy) is 1. The van der Waals surface area contributed by atoms with E-state index in [0.29, 0.717) is 12.2 Å². The van der Waals surface area contributed by atoms with Gasteiger partial charge in [-0.25, -0.2) is 4.79 Å². The highest BCUT2D eigenvalue weighted by molar-refractivity contribution is 5.68. The average molecular weight is 179 g/mol. The number of aldehydes is 1. The number of carbonyl (C=O) groups is 2. The molecule has 0 unspecified atom stereocenters. The van der Waals surface area contributed by atoms with E-state index in [1.165, 1.54) is 0 Å². The smallest absolute Gasteiger partial charge is 0.409 e. The molecule has 0 bridgehead atoms. The third-order valence-electron chi connectivity index (χ3n) is 1.46. The maximum Gasteiger partial charge on any atom is 0.409 e. The Balaban J connectivity index is 2.69. The van der Waals surface area contributed by atoms with Crippen molar-refractivity contribution in [3.05, 3.63) is 29.8 Å². The van der Waals surface area contributed by atoms with E-state index in [9.17, 15) is 9.59 Å². The summed E-state index contributed by atoms with van der Waals surface area (Å²) >= 11 is 0. The Morgan fingerprint density at radius 2 is 2.00 bits per heavy atom. The summed E-state index contributed by atoms with van der Waals surface area (Å²) in [6, 6.07) is 6.58. The van der Waals surface area contributed by atoms with Gasteiger partial charge in [0.1, 0.15) is 12.0 Å². The Morgan fingerprint density at radius 3 is 2.46 bits per heavy atom. The fourth-order valence-corrected chi connectivity index (χ4v) is 0.906. The first-order valence-electron chi connectivity index (χ1n) is 3.72. The average Bonchev–Trinajstić information content (AvgIpc) is 2.08. The van der Waals surface area contributed by atoms with Crippen molar-refractivity contribution < 1.29 is 14.3 Å². The van der Waals surface area contributed by atoms with E-state index in [1.807, 2.05) is 0 Å². The van der Waals surface area contributed by atoms with Crippen LogP contribution in [0.3, 0.4) is 0 Å². The van der Waals surface area contributed by atoms with E-state index >= 15 is 0 Å². The van der Waals surface area contributed by atoms with E-state index < -0.39 is 6.09 Å². The third-order valence-corrected chi connectivity index (χ3v) is 1.46. The van der Waals surface area contributed by atoms with Crippen LogP contribution in [0, 0.1) is 0 Å². The van der Waals surface area contributed by atoms with Gasteiger partial charge in [-0.1, -0.05) is 12.1 Å². The molecule has 0 saturated heterocycles. The molecule has 0 aliphatic heterocycles. The second-order valence-electron chi connectivity index (χ2n) is 2.44. The van der Waals surface area contributed by atoms with Gasteiger partial charge in [0, 0.05) is 6.42 Å². The van der Waals surface area contributed by atoms with Crippen LogP contribution in [0.15, 0.2) is 24.3 Å². The zero-order valence-electron chi connectivity index (χ0n) is 6.90. The fraction of sp³-hybridized carbons (Fsp3) is 0.111. The number of hydrogen-bond acceptors (Lipinski definition) is 3. The lowest BCUT2D eigenvalue weighted by Gasteiger charge is -2.00. The van der Waals surface area contributed by atoms with Gasteiger partial charge >= 0.3 is 6.09 Å². The molecule has 4 nitrogen and oxygen atoms in total. The maximum absolute atomic E-state index is 10.3. The number of primary amides is 1. The molecule has 0 atom stereocenters. The molecule has 0 fully saturated rings. The van der Waals surface area contributed by atoms with Crippen molar-refractivity contribution in [2.45, 2.75) is 6.42 Å². The number of hydrogen-bond donors (Lipinski definition) is 1. The van der Waals surface area contributed by atoms with Crippen molar-refractivity contribution in [2.75, 3.05) is 0 Å². The first kappa shape index (κ1) is 9.25. The predicted molar refractivity (Wildman–Crippen MR) is 46.4 cm³/mol. The molecular formula is C9H9NO3. The molecule has 13 heavy (non-hydrogen) atoms. The summed E-state index contributed by atoms with van der Waals surface area (Å²) in [4.78, 5) is 20.5. The van der Waals surface area contributed by atoms with Crippen LogP contribution < -0.4 is 10.5 Å². The van der Waals surface area contributed by atoms with Crippen molar-refractivity contribution in [2.24, 2.45) is 5.73 Å². The number of amides is 1. The summed E-state index contributed by atoms with van der Waals surface area (Å²) in [5.41, 5.74) is 5.67. The Bertz CT molecular complexity index is 305. The van der Waals surface area contributed by atoms with Crippen molar-refractivity contribution in [1.82, 2.24) is 0 Å². The zero-order valence-corrected chi connectivity index (χ0v) is 6.90. The van der Waals surface area contributed by atoms with Gasteiger partial charge in [-0.15, -0.1) is 0 Å². The van der Waals surface area contributed by atoms with Crippen molar-refractivity contribution in [1.29, 1.82) is 0 Å². The molecule has 0 aliphatic carbocycles. The molecule has 1 aromatic carbocycles. The van der Waals surface area contributed by atoms with Gasteiger partial charge in [0.25, 0.3) is 0 Å². The van der Waals surface area contributed by atoms with Crippen LogP contribution in [0.5, 0.6) is 5.75 Å². The number of nitrogens with two attached hydrogens (primary N) is 1. The van der Waals surface area contributed by atoms with Crippen LogP contribution in [-0.4, -0.2) is 12.4 Å². The standard InChI is InChI=1S/C9H9NO3/c10-9(12)13-8-3-1-7(2-4-8)5-6-11/h1-4,6H,5H2,(H2,10,12).